The molecule has 1 aromatic heterocycles. The van der Waals surface area contributed by atoms with Crippen LogP contribution in [0.5, 0.6) is 0 Å². The van der Waals surface area contributed by atoms with Gasteiger partial charge >= 0.3 is 0 Å². The first-order chi connectivity index (χ1) is 11.1. The van der Waals surface area contributed by atoms with Crippen LogP contribution in [0, 0.1) is 17.5 Å². The Hall–Kier alpha value is -1.44. The Morgan fingerprint density at radius 1 is 1.30 bits per heavy atom. The summed E-state index contributed by atoms with van der Waals surface area (Å²) in [6, 6.07) is 2.08. The van der Waals surface area contributed by atoms with Crippen molar-refractivity contribution in [3.8, 4) is 0 Å². The zero-order valence-electron chi connectivity index (χ0n) is 12.7. The second kappa shape index (κ2) is 6.98. The molecule has 1 aliphatic heterocycles. The van der Waals surface area contributed by atoms with Crippen molar-refractivity contribution in [2.45, 2.75) is 32.0 Å². The lowest BCUT2D eigenvalue weighted by molar-refractivity contribution is 0.246. The number of hydrogen-bond acceptors (Lipinski definition) is 4. The molecule has 1 fully saturated rings. The van der Waals surface area contributed by atoms with E-state index in [1.54, 1.807) is 5.51 Å². The lowest BCUT2D eigenvalue weighted by atomic mass is 9.99. The number of rotatable bonds is 5. The molecule has 2 atom stereocenters. The van der Waals surface area contributed by atoms with E-state index in [9.17, 15) is 13.2 Å². The smallest absolute Gasteiger partial charge is 0.194 e. The number of thiazole rings is 1. The van der Waals surface area contributed by atoms with E-state index in [4.69, 9.17) is 0 Å². The molecule has 0 amide bonds. The van der Waals surface area contributed by atoms with Gasteiger partial charge in [-0.3, -0.25) is 4.90 Å². The molecule has 1 saturated heterocycles. The van der Waals surface area contributed by atoms with Gasteiger partial charge in [-0.1, -0.05) is 6.92 Å². The summed E-state index contributed by atoms with van der Waals surface area (Å²) in [6.07, 6.45) is 0.864. The Bertz CT molecular complexity index is 640. The van der Waals surface area contributed by atoms with Crippen LogP contribution in [-0.4, -0.2) is 29.0 Å². The van der Waals surface area contributed by atoms with Crippen LogP contribution in [0.4, 0.5) is 13.2 Å². The number of aromatic nitrogens is 1. The molecule has 0 spiro atoms. The molecule has 2 aromatic rings. The van der Waals surface area contributed by atoms with Crippen molar-refractivity contribution in [1.82, 2.24) is 15.2 Å². The van der Waals surface area contributed by atoms with Crippen LogP contribution in [0.25, 0.3) is 0 Å². The number of likely N-dealkylation sites (tertiary alicyclic amines) is 1. The van der Waals surface area contributed by atoms with Crippen LogP contribution >= 0.6 is 11.3 Å². The molecule has 2 heterocycles. The van der Waals surface area contributed by atoms with Crippen LogP contribution in [0.2, 0.25) is 0 Å². The van der Waals surface area contributed by atoms with Gasteiger partial charge in [-0.05, 0) is 30.7 Å². The summed E-state index contributed by atoms with van der Waals surface area (Å²) < 4.78 is 40.4. The van der Waals surface area contributed by atoms with Gasteiger partial charge < -0.3 is 5.32 Å². The minimum absolute atomic E-state index is 0.0425. The molecule has 0 saturated carbocycles. The first-order valence-corrected chi connectivity index (χ1v) is 8.53. The highest BCUT2D eigenvalue weighted by molar-refractivity contribution is 7.07. The number of halogens is 3. The van der Waals surface area contributed by atoms with E-state index in [1.165, 1.54) is 11.3 Å². The summed E-state index contributed by atoms with van der Waals surface area (Å²) in [5.74, 6) is -3.69. The summed E-state index contributed by atoms with van der Waals surface area (Å²) in [6.45, 7) is 4.21. The van der Waals surface area contributed by atoms with E-state index in [2.05, 4.69) is 15.2 Å². The zero-order valence-corrected chi connectivity index (χ0v) is 13.5. The van der Waals surface area contributed by atoms with Crippen molar-refractivity contribution in [1.29, 1.82) is 0 Å². The molecule has 1 aromatic carbocycles. The predicted molar refractivity (Wildman–Crippen MR) is 83.7 cm³/mol. The summed E-state index contributed by atoms with van der Waals surface area (Å²) in [4.78, 5) is 6.37. The third kappa shape index (κ3) is 3.41. The molecule has 23 heavy (non-hydrogen) atoms. The third-order valence-electron chi connectivity index (χ3n) is 4.28. The second-order valence-electron chi connectivity index (χ2n) is 5.63. The van der Waals surface area contributed by atoms with E-state index in [-0.39, 0.29) is 12.1 Å². The molecule has 7 heteroatoms. The zero-order chi connectivity index (χ0) is 16.4. The third-order valence-corrected chi connectivity index (χ3v) is 4.92. The van der Waals surface area contributed by atoms with Gasteiger partial charge in [0.05, 0.1) is 17.2 Å². The minimum atomic E-state index is -1.42. The van der Waals surface area contributed by atoms with Gasteiger partial charge in [-0.2, -0.15) is 0 Å². The quantitative estimate of drug-likeness (QED) is 0.844. The Labute approximate surface area is 137 Å². The Balaban J connectivity index is 1.82. The van der Waals surface area contributed by atoms with E-state index < -0.39 is 17.5 Å². The standard InChI is InChI=1S/C16H18F3N3S/c1-2-22-4-3-14(20-7-11-8-23-9-21-11)16(22)10-5-12(17)15(19)13(18)6-10/h5-6,8-9,14,16,20H,2-4,7H2,1H3/t14-,16+/m1/s1. The van der Waals surface area contributed by atoms with Gasteiger partial charge in [-0.15, -0.1) is 11.3 Å². The predicted octanol–water partition coefficient (Wildman–Crippen LogP) is 3.49. The lowest BCUT2D eigenvalue weighted by Crippen LogP contribution is -2.36. The monoisotopic (exact) mass is 341 g/mol. The molecule has 1 N–H and O–H groups in total. The van der Waals surface area contributed by atoms with Gasteiger partial charge in [0.25, 0.3) is 0 Å². The normalized spacial score (nSPS) is 21.9. The van der Waals surface area contributed by atoms with E-state index in [0.717, 1.165) is 37.3 Å². The molecular weight excluding hydrogens is 323 g/mol. The van der Waals surface area contributed by atoms with Gasteiger partial charge in [-0.25, -0.2) is 18.2 Å². The Kier molecular flexibility index (Phi) is 4.99. The molecule has 3 rings (SSSR count). The van der Waals surface area contributed by atoms with Crippen molar-refractivity contribution in [3.63, 3.8) is 0 Å². The second-order valence-corrected chi connectivity index (χ2v) is 6.35. The van der Waals surface area contributed by atoms with Crippen molar-refractivity contribution in [2.24, 2.45) is 0 Å². The number of likely N-dealkylation sites (N-methyl/N-ethyl adjacent to an activating group) is 1. The SMILES string of the molecule is CCN1CC[C@@H](NCc2cscn2)[C@@H]1c1cc(F)c(F)c(F)c1. The van der Waals surface area contributed by atoms with Gasteiger partial charge in [0.2, 0.25) is 0 Å². The highest BCUT2D eigenvalue weighted by atomic mass is 32.1. The Morgan fingerprint density at radius 3 is 2.65 bits per heavy atom. The maximum Gasteiger partial charge on any atom is 0.194 e. The van der Waals surface area contributed by atoms with E-state index >= 15 is 0 Å². The van der Waals surface area contributed by atoms with Crippen LogP contribution in [0.1, 0.15) is 30.6 Å². The first-order valence-electron chi connectivity index (χ1n) is 7.59. The van der Waals surface area contributed by atoms with E-state index in [0.29, 0.717) is 12.1 Å². The van der Waals surface area contributed by atoms with Crippen molar-refractivity contribution in [3.05, 3.63) is 51.7 Å². The molecule has 0 aliphatic carbocycles. The number of hydrogen-bond donors (Lipinski definition) is 1. The van der Waals surface area contributed by atoms with Crippen molar-refractivity contribution < 1.29 is 13.2 Å². The summed E-state index contributed by atoms with van der Waals surface area (Å²) in [7, 11) is 0. The van der Waals surface area contributed by atoms with Crippen LogP contribution in [0.3, 0.4) is 0 Å². The summed E-state index contributed by atoms with van der Waals surface area (Å²) in [5.41, 5.74) is 3.18. The van der Waals surface area contributed by atoms with Gasteiger partial charge in [0.15, 0.2) is 17.5 Å². The highest BCUT2D eigenvalue weighted by Gasteiger charge is 2.35. The average molecular weight is 341 g/mol. The van der Waals surface area contributed by atoms with Gasteiger partial charge in [0, 0.05) is 24.5 Å². The van der Waals surface area contributed by atoms with Gasteiger partial charge in [0.1, 0.15) is 0 Å². The lowest BCUT2D eigenvalue weighted by Gasteiger charge is -2.28. The molecule has 0 bridgehead atoms. The minimum Gasteiger partial charge on any atom is -0.306 e. The summed E-state index contributed by atoms with van der Waals surface area (Å²) >= 11 is 1.53. The maximum atomic E-state index is 13.6. The van der Waals surface area contributed by atoms with Crippen LogP contribution in [-0.2, 0) is 6.54 Å². The molecule has 3 nitrogen and oxygen atoms in total. The molecule has 1 aliphatic rings. The largest absolute Gasteiger partial charge is 0.306 e. The fourth-order valence-electron chi connectivity index (χ4n) is 3.17. The van der Waals surface area contributed by atoms with Crippen LogP contribution < -0.4 is 5.32 Å². The summed E-state index contributed by atoms with van der Waals surface area (Å²) in [5, 5.41) is 5.38. The van der Waals surface area contributed by atoms with E-state index in [1.807, 2.05) is 12.3 Å². The number of benzene rings is 1. The molecular formula is C16H18F3N3S. The number of nitrogens with zero attached hydrogens (tertiary/aromatic N) is 2. The molecule has 0 radical (unpaired) electrons. The maximum absolute atomic E-state index is 13.6. The fraction of sp³-hybridized carbons (Fsp3) is 0.438. The highest BCUT2D eigenvalue weighted by Crippen LogP contribution is 2.33. The average Bonchev–Trinajstić information content (AvgIpc) is 3.18. The number of nitrogens with one attached hydrogen (secondary N) is 1. The first kappa shape index (κ1) is 16.4. The van der Waals surface area contributed by atoms with Crippen molar-refractivity contribution in [2.75, 3.05) is 13.1 Å². The fourth-order valence-corrected chi connectivity index (χ4v) is 3.73. The molecule has 0 unspecified atom stereocenters. The van der Waals surface area contributed by atoms with Crippen LogP contribution in [0.15, 0.2) is 23.0 Å². The Morgan fingerprint density at radius 2 is 2.04 bits per heavy atom. The topological polar surface area (TPSA) is 28.2 Å². The van der Waals surface area contributed by atoms with Crippen molar-refractivity contribution >= 4 is 11.3 Å². The molecule has 124 valence electrons.